The van der Waals surface area contributed by atoms with E-state index in [1.165, 1.54) is 25.7 Å². The highest BCUT2D eigenvalue weighted by Gasteiger charge is 2.37. The number of nitrogens with two attached hydrogens (primary N) is 1. The number of fused-ring (bicyclic) bond motifs is 1. The number of carbonyl (C=O) groups excluding carboxylic acids is 2. The first kappa shape index (κ1) is 19.4. The van der Waals surface area contributed by atoms with Crippen LogP contribution in [0.4, 0.5) is 0 Å². The Morgan fingerprint density at radius 3 is 2.46 bits per heavy atom. The van der Waals surface area contributed by atoms with Crippen molar-refractivity contribution in [3.63, 3.8) is 0 Å². The molecule has 0 atom stereocenters. The molecule has 2 heterocycles. The van der Waals surface area contributed by atoms with E-state index < -0.39 is 5.91 Å². The lowest BCUT2D eigenvalue weighted by molar-refractivity contribution is 0.0435. The quantitative estimate of drug-likeness (QED) is 0.845. The molecule has 1 saturated heterocycles. The molecule has 0 unspecified atom stereocenters. The predicted molar refractivity (Wildman–Crippen MR) is 107 cm³/mol. The van der Waals surface area contributed by atoms with E-state index in [4.69, 9.17) is 10.5 Å². The van der Waals surface area contributed by atoms with Gasteiger partial charge in [0.1, 0.15) is 0 Å². The van der Waals surface area contributed by atoms with Crippen molar-refractivity contribution >= 4 is 11.8 Å². The predicted octanol–water partition coefficient (Wildman–Crippen LogP) is 2.41. The fourth-order valence-corrected chi connectivity index (χ4v) is 5.36. The molecule has 2 aliphatic heterocycles. The van der Waals surface area contributed by atoms with E-state index in [0.717, 1.165) is 44.0 Å². The molecule has 2 amide bonds. The van der Waals surface area contributed by atoms with Crippen molar-refractivity contribution in [3.05, 3.63) is 34.9 Å². The van der Waals surface area contributed by atoms with E-state index in [-0.39, 0.29) is 11.9 Å². The van der Waals surface area contributed by atoms with Crippen LogP contribution in [-0.4, -0.2) is 60.5 Å². The number of ether oxygens (including phenoxy) is 1. The summed E-state index contributed by atoms with van der Waals surface area (Å²) < 4.78 is 5.31. The molecule has 2 fully saturated rings. The van der Waals surface area contributed by atoms with E-state index in [9.17, 15) is 9.59 Å². The number of benzene rings is 1. The molecule has 1 saturated carbocycles. The van der Waals surface area contributed by atoms with Crippen molar-refractivity contribution in [1.82, 2.24) is 9.80 Å². The zero-order chi connectivity index (χ0) is 19.7. The van der Waals surface area contributed by atoms with Crippen molar-refractivity contribution in [2.45, 2.75) is 57.2 Å². The molecule has 0 radical (unpaired) electrons. The molecule has 28 heavy (non-hydrogen) atoms. The minimum atomic E-state index is -0.522. The lowest BCUT2D eigenvalue weighted by Gasteiger charge is -2.42. The van der Waals surface area contributed by atoms with Crippen LogP contribution in [0.3, 0.4) is 0 Å². The minimum Gasteiger partial charge on any atom is -0.384 e. The second kappa shape index (κ2) is 8.21. The van der Waals surface area contributed by atoms with Gasteiger partial charge in [-0.15, -0.1) is 0 Å². The van der Waals surface area contributed by atoms with Crippen molar-refractivity contribution in [2.75, 3.05) is 26.8 Å². The highest BCUT2D eigenvalue weighted by molar-refractivity contribution is 6.09. The third-order valence-corrected chi connectivity index (χ3v) is 6.91. The van der Waals surface area contributed by atoms with E-state index >= 15 is 0 Å². The highest BCUT2D eigenvalue weighted by Crippen LogP contribution is 2.33. The largest absolute Gasteiger partial charge is 0.384 e. The van der Waals surface area contributed by atoms with Crippen LogP contribution in [0.5, 0.6) is 0 Å². The van der Waals surface area contributed by atoms with Gasteiger partial charge >= 0.3 is 0 Å². The molecule has 0 spiro atoms. The Bertz CT molecular complexity index is 735. The molecule has 4 rings (SSSR count). The lowest BCUT2D eigenvalue weighted by Crippen LogP contribution is -2.49. The molecule has 6 nitrogen and oxygen atoms in total. The van der Waals surface area contributed by atoms with Crippen LogP contribution >= 0.6 is 0 Å². The fourth-order valence-electron chi connectivity index (χ4n) is 5.36. The monoisotopic (exact) mass is 385 g/mol. The van der Waals surface area contributed by atoms with Crippen LogP contribution in [0.25, 0.3) is 0 Å². The summed E-state index contributed by atoms with van der Waals surface area (Å²) in [5.41, 5.74) is 7.29. The number of nitrogens with zero attached hydrogens (tertiary/aromatic N) is 2. The van der Waals surface area contributed by atoms with Crippen LogP contribution in [0, 0.1) is 5.92 Å². The summed E-state index contributed by atoms with van der Waals surface area (Å²) in [7, 11) is 1.79. The number of amides is 2. The zero-order valence-corrected chi connectivity index (χ0v) is 16.7. The first-order chi connectivity index (χ1) is 13.6. The van der Waals surface area contributed by atoms with E-state index in [1.54, 1.807) is 13.2 Å². The molecule has 1 aromatic carbocycles. The third-order valence-electron chi connectivity index (χ3n) is 6.91. The van der Waals surface area contributed by atoms with Crippen molar-refractivity contribution in [3.8, 4) is 0 Å². The van der Waals surface area contributed by atoms with Crippen LogP contribution in [0.1, 0.15) is 64.8 Å². The van der Waals surface area contributed by atoms with Gasteiger partial charge in [0.15, 0.2) is 0 Å². The summed E-state index contributed by atoms with van der Waals surface area (Å²) in [5, 5.41) is 0. The topological polar surface area (TPSA) is 75.9 Å². The average Bonchev–Trinajstić information content (AvgIpc) is 3.06. The molecule has 1 aliphatic carbocycles. The maximum absolute atomic E-state index is 13.0. The second-order valence-electron chi connectivity index (χ2n) is 8.53. The van der Waals surface area contributed by atoms with Gasteiger partial charge in [-0.2, -0.15) is 0 Å². The number of carbonyl (C=O) groups is 2. The number of methoxy groups -OCH3 is 1. The number of hydrogen-bond donors (Lipinski definition) is 1. The average molecular weight is 386 g/mol. The summed E-state index contributed by atoms with van der Waals surface area (Å²) in [5.74, 6) is 0.174. The van der Waals surface area contributed by atoms with Crippen LogP contribution in [0.15, 0.2) is 18.2 Å². The van der Waals surface area contributed by atoms with E-state index in [0.29, 0.717) is 23.7 Å². The van der Waals surface area contributed by atoms with Gasteiger partial charge in [-0.3, -0.25) is 9.59 Å². The number of rotatable bonds is 5. The molecule has 1 aromatic rings. The summed E-state index contributed by atoms with van der Waals surface area (Å²) >= 11 is 0. The van der Waals surface area contributed by atoms with Crippen molar-refractivity contribution < 1.29 is 14.3 Å². The maximum atomic E-state index is 13.0. The van der Waals surface area contributed by atoms with Crippen LogP contribution in [0.2, 0.25) is 0 Å². The van der Waals surface area contributed by atoms with Crippen molar-refractivity contribution in [2.24, 2.45) is 11.7 Å². The second-order valence-corrected chi connectivity index (χ2v) is 8.53. The van der Waals surface area contributed by atoms with Gasteiger partial charge in [-0.25, -0.2) is 0 Å². The number of primary amides is 1. The first-order valence-corrected chi connectivity index (χ1v) is 10.5. The molecule has 0 bridgehead atoms. The first-order valence-electron chi connectivity index (χ1n) is 10.5. The highest BCUT2D eigenvalue weighted by atomic mass is 16.5. The van der Waals surface area contributed by atoms with Crippen LogP contribution < -0.4 is 5.73 Å². The van der Waals surface area contributed by atoms with Crippen molar-refractivity contribution in [1.29, 1.82) is 0 Å². The summed E-state index contributed by atoms with van der Waals surface area (Å²) in [6.45, 7) is 3.59. The Kier molecular flexibility index (Phi) is 5.69. The molecule has 152 valence electrons. The van der Waals surface area contributed by atoms with Crippen LogP contribution in [-0.2, 0) is 11.3 Å². The summed E-state index contributed by atoms with van der Waals surface area (Å²) in [6.07, 6.45) is 7.04. The number of hydrogen-bond acceptors (Lipinski definition) is 4. The molecule has 6 heteroatoms. The Morgan fingerprint density at radius 1 is 1.11 bits per heavy atom. The smallest absolute Gasteiger partial charge is 0.255 e. The number of likely N-dealkylation sites (tertiary alicyclic amines) is 1. The van der Waals surface area contributed by atoms with Gasteiger partial charge in [0.25, 0.3) is 5.91 Å². The normalized spacial score (nSPS) is 26.5. The molecule has 2 N–H and O–H groups in total. The Balaban J connectivity index is 1.34. The summed E-state index contributed by atoms with van der Waals surface area (Å²) in [4.78, 5) is 29.3. The molecule has 0 aromatic heterocycles. The van der Waals surface area contributed by atoms with Gasteiger partial charge in [-0.05, 0) is 56.1 Å². The summed E-state index contributed by atoms with van der Waals surface area (Å²) in [6, 6.07) is 6.35. The minimum absolute atomic E-state index is 0.0251. The Morgan fingerprint density at radius 2 is 1.82 bits per heavy atom. The van der Waals surface area contributed by atoms with E-state index in [2.05, 4.69) is 4.90 Å². The standard InChI is InChI=1S/C22H31N3O3/c1-28-14-15-5-7-17(8-6-15)24-11-9-18(10-12-24)25-13-16-3-2-4-19(21(23)26)20(16)22(25)27/h2-4,15,17-18H,5-14H2,1H3,(H2,23,26)/t15-,17+. The fraction of sp³-hybridized carbons (Fsp3) is 0.636. The maximum Gasteiger partial charge on any atom is 0.255 e. The third kappa shape index (κ3) is 3.67. The zero-order valence-electron chi connectivity index (χ0n) is 16.7. The Labute approximate surface area is 167 Å². The van der Waals surface area contributed by atoms with Gasteiger partial charge < -0.3 is 20.3 Å². The van der Waals surface area contributed by atoms with E-state index in [1.807, 2.05) is 17.0 Å². The van der Waals surface area contributed by atoms with Gasteiger partial charge in [0.2, 0.25) is 5.91 Å². The molecule has 3 aliphatic rings. The SMILES string of the molecule is COC[C@H]1CC[C@@H](N2CCC(N3Cc4cccc(C(N)=O)c4C3=O)CC2)CC1. The molecular formula is C22H31N3O3. The Hall–Kier alpha value is -1.92. The lowest BCUT2D eigenvalue weighted by atomic mass is 9.85. The van der Waals surface area contributed by atoms with Gasteiger partial charge in [-0.1, -0.05) is 12.1 Å². The number of piperidine rings is 1. The van der Waals surface area contributed by atoms with Gasteiger partial charge in [0.05, 0.1) is 11.1 Å². The van der Waals surface area contributed by atoms with Gasteiger partial charge in [0, 0.05) is 45.4 Å². The molecular weight excluding hydrogens is 354 g/mol.